The Morgan fingerprint density at radius 1 is 1.08 bits per heavy atom. The summed E-state index contributed by atoms with van der Waals surface area (Å²) in [5, 5.41) is 46.7. The number of aliphatic carboxylic acids is 1. The van der Waals surface area contributed by atoms with Crippen molar-refractivity contribution in [3.63, 3.8) is 0 Å². The van der Waals surface area contributed by atoms with Gasteiger partial charge in [-0.3, -0.25) is 4.79 Å². The standard InChI is InChI=1S/C25H31NO9.Na/c1-16(27)26-21-19(28)12-25(24(31)32,34-14-18-10-6-3-7-11-18)35-23(21)22(30)20(29)15-33-13-17-8-4-2-5-9-17;/h2-11,19-23,28-30H,12-15H2,1H3,(H,26,27)(H,31,32);/q;+1/p-1/t19-,20+,21+,22-,23+,25+;/m0./s1. The van der Waals surface area contributed by atoms with Crippen LogP contribution in [-0.2, 0) is 37.0 Å². The Morgan fingerprint density at radius 2 is 1.64 bits per heavy atom. The van der Waals surface area contributed by atoms with E-state index >= 15 is 0 Å². The van der Waals surface area contributed by atoms with Crippen LogP contribution < -0.4 is 40.0 Å². The maximum absolute atomic E-state index is 12.1. The number of hydrogen-bond acceptors (Lipinski definition) is 9. The minimum absolute atomic E-state index is 0. The molecule has 10 nitrogen and oxygen atoms in total. The predicted molar refractivity (Wildman–Crippen MR) is 120 cm³/mol. The largest absolute Gasteiger partial charge is 1.00 e. The van der Waals surface area contributed by atoms with Crippen LogP contribution in [0.4, 0.5) is 0 Å². The fraction of sp³-hybridized carbons (Fsp3) is 0.440. The van der Waals surface area contributed by atoms with Gasteiger partial charge in [0.15, 0.2) is 0 Å². The SMILES string of the molecule is CC(=O)N[C@H]1[C@H]([C@@H](O)[C@H](O)COCc2ccccc2)O[C@@](OCc2ccccc2)(C(=O)[O-])C[C@@H]1O.[Na+]. The Morgan fingerprint density at radius 3 is 2.17 bits per heavy atom. The molecule has 6 atom stereocenters. The van der Waals surface area contributed by atoms with Crippen molar-refractivity contribution in [3.05, 3.63) is 71.8 Å². The summed E-state index contributed by atoms with van der Waals surface area (Å²) in [5.41, 5.74) is 1.49. The summed E-state index contributed by atoms with van der Waals surface area (Å²) >= 11 is 0. The number of amides is 1. The minimum atomic E-state index is -2.43. The molecule has 11 heteroatoms. The van der Waals surface area contributed by atoms with Crippen LogP contribution in [-0.4, -0.2) is 70.0 Å². The average molecular weight is 512 g/mol. The molecule has 0 spiro atoms. The second-order valence-corrected chi connectivity index (χ2v) is 8.45. The third-order valence-corrected chi connectivity index (χ3v) is 5.70. The summed E-state index contributed by atoms with van der Waals surface area (Å²) in [6, 6.07) is 16.6. The number of aliphatic hydroxyl groups is 3. The van der Waals surface area contributed by atoms with E-state index in [9.17, 15) is 30.0 Å². The number of carbonyl (C=O) groups excluding carboxylic acids is 2. The second-order valence-electron chi connectivity index (χ2n) is 8.45. The molecule has 36 heavy (non-hydrogen) atoms. The molecular formula is C25H30NNaO9. The Bertz CT molecular complexity index is 965. The molecule has 4 N–H and O–H groups in total. The Labute approximate surface area is 231 Å². The number of carbonyl (C=O) groups is 2. The molecular weight excluding hydrogens is 481 g/mol. The first-order valence-electron chi connectivity index (χ1n) is 11.2. The monoisotopic (exact) mass is 511 g/mol. The van der Waals surface area contributed by atoms with Crippen molar-refractivity contribution in [2.75, 3.05) is 6.61 Å². The fourth-order valence-electron chi connectivity index (χ4n) is 3.90. The Kier molecular flexibility index (Phi) is 12.0. The summed E-state index contributed by atoms with van der Waals surface area (Å²) in [5.74, 6) is -4.74. The second kappa shape index (κ2) is 14.2. The summed E-state index contributed by atoms with van der Waals surface area (Å²) in [7, 11) is 0. The van der Waals surface area contributed by atoms with Crippen LogP contribution in [0.5, 0.6) is 0 Å². The van der Waals surface area contributed by atoms with Crippen LogP contribution in [0.2, 0.25) is 0 Å². The molecule has 1 fully saturated rings. The number of benzene rings is 2. The van der Waals surface area contributed by atoms with Crippen molar-refractivity contribution in [2.45, 2.75) is 62.8 Å². The molecule has 0 saturated carbocycles. The number of ether oxygens (including phenoxy) is 3. The van der Waals surface area contributed by atoms with Crippen molar-refractivity contribution >= 4 is 11.9 Å². The minimum Gasteiger partial charge on any atom is -0.544 e. The molecule has 1 aliphatic rings. The summed E-state index contributed by atoms with van der Waals surface area (Å²) in [6.07, 6.45) is -6.88. The van der Waals surface area contributed by atoms with Gasteiger partial charge in [-0.1, -0.05) is 60.7 Å². The molecule has 0 aromatic heterocycles. The summed E-state index contributed by atoms with van der Waals surface area (Å²) in [4.78, 5) is 23.8. The van der Waals surface area contributed by atoms with Crippen LogP contribution in [0.25, 0.3) is 0 Å². The van der Waals surface area contributed by atoms with Crippen LogP contribution in [0, 0.1) is 0 Å². The Hall–Kier alpha value is -1.86. The van der Waals surface area contributed by atoms with Gasteiger partial charge in [0, 0.05) is 13.3 Å². The zero-order valence-corrected chi connectivity index (χ0v) is 22.3. The molecule has 1 saturated heterocycles. The van der Waals surface area contributed by atoms with Crippen molar-refractivity contribution in [2.24, 2.45) is 0 Å². The van der Waals surface area contributed by atoms with Gasteiger partial charge in [0.1, 0.15) is 24.3 Å². The van der Waals surface area contributed by atoms with Gasteiger partial charge < -0.3 is 44.7 Å². The molecule has 190 valence electrons. The van der Waals surface area contributed by atoms with Gasteiger partial charge in [-0.25, -0.2) is 0 Å². The van der Waals surface area contributed by atoms with E-state index in [1.165, 1.54) is 6.92 Å². The van der Waals surface area contributed by atoms with Crippen LogP contribution >= 0.6 is 0 Å². The zero-order valence-electron chi connectivity index (χ0n) is 20.3. The molecule has 2 aromatic rings. The molecule has 0 unspecified atom stereocenters. The van der Waals surface area contributed by atoms with E-state index in [0.717, 1.165) is 5.56 Å². The molecule has 2 aromatic carbocycles. The van der Waals surface area contributed by atoms with Gasteiger partial charge in [0.2, 0.25) is 11.7 Å². The molecule has 0 aliphatic carbocycles. The van der Waals surface area contributed by atoms with Gasteiger partial charge in [-0.05, 0) is 11.1 Å². The number of rotatable bonds is 11. The van der Waals surface area contributed by atoms with Crippen molar-refractivity contribution in [1.82, 2.24) is 5.32 Å². The van der Waals surface area contributed by atoms with E-state index in [-0.39, 0.29) is 49.4 Å². The van der Waals surface area contributed by atoms with Gasteiger partial charge in [0.05, 0.1) is 32.0 Å². The van der Waals surface area contributed by atoms with E-state index in [0.29, 0.717) is 5.56 Å². The third kappa shape index (κ3) is 8.07. The normalized spacial score (nSPS) is 25.3. The number of aliphatic hydroxyl groups excluding tert-OH is 3. The van der Waals surface area contributed by atoms with E-state index < -0.39 is 54.5 Å². The van der Waals surface area contributed by atoms with Crippen molar-refractivity contribution in [3.8, 4) is 0 Å². The van der Waals surface area contributed by atoms with E-state index in [1.54, 1.807) is 30.3 Å². The Balaban J connectivity index is 0.00000456. The number of carboxylic acids is 1. The van der Waals surface area contributed by atoms with Gasteiger partial charge in [-0.15, -0.1) is 0 Å². The molecule has 0 radical (unpaired) electrons. The van der Waals surface area contributed by atoms with Crippen LogP contribution in [0.1, 0.15) is 24.5 Å². The van der Waals surface area contributed by atoms with E-state index in [1.807, 2.05) is 30.3 Å². The predicted octanol–water partition coefficient (Wildman–Crippen LogP) is -3.75. The van der Waals surface area contributed by atoms with Crippen molar-refractivity contribution < 1.29 is 73.8 Å². The van der Waals surface area contributed by atoms with Crippen molar-refractivity contribution in [1.29, 1.82) is 0 Å². The zero-order chi connectivity index (χ0) is 25.4. The average Bonchev–Trinajstić information content (AvgIpc) is 2.84. The maximum Gasteiger partial charge on any atom is 1.00 e. The first-order valence-corrected chi connectivity index (χ1v) is 11.2. The molecule has 1 amide bonds. The fourth-order valence-corrected chi connectivity index (χ4v) is 3.90. The number of hydrogen-bond donors (Lipinski definition) is 4. The number of carboxylic acid groups (broad SMARTS) is 1. The van der Waals surface area contributed by atoms with Gasteiger partial charge >= 0.3 is 29.6 Å². The van der Waals surface area contributed by atoms with E-state index in [4.69, 9.17) is 14.2 Å². The third-order valence-electron chi connectivity index (χ3n) is 5.70. The first-order chi connectivity index (χ1) is 16.7. The van der Waals surface area contributed by atoms with Crippen LogP contribution in [0.15, 0.2) is 60.7 Å². The number of nitrogens with one attached hydrogen (secondary N) is 1. The molecule has 3 rings (SSSR count). The molecule has 0 bridgehead atoms. The maximum atomic E-state index is 12.1. The summed E-state index contributed by atoms with van der Waals surface area (Å²) in [6.45, 7) is 0.860. The molecule has 1 aliphatic heterocycles. The quantitative estimate of drug-likeness (QED) is 0.223. The summed E-state index contributed by atoms with van der Waals surface area (Å²) < 4.78 is 16.7. The first kappa shape index (κ1) is 30.4. The van der Waals surface area contributed by atoms with Gasteiger partial charge in [0.25, 0.3) is 0 Å². The van der Waals surface area contributed by atoms with Crippen LogP contribution in [0.3, 0.4) is 0 Å². The smallest absolute Gasteiger partial charge is 0.544 e. The van der Waals surface area contributed by atoms with E-state index in [2.05, 4.69) is 5.32 Å². The topological polar surface area (TPSA) is 158 Å². The molecule has 1 heterocycles. The van der Waals surface area contributed by atoms with Gasteiger partial charge in [-0.2, -0.15) is 0 Å².